The molecule has 1 atom stereocenters. The predicted octanol–water partition coefficient (Wildman–Crippen LogP) is 3.03. The number of rotatable bonds is 3. The van der Waals surface area contributed by atoms with Gasteiger partial charge in [0.1, 0.15) is 0 Å². The Hall–Kier alpha value is -0.590. The van der Waals surface area contributed by atoms with E-state index in [9.17, 15) is 0 Å². The fourth-order valence-electron chi connectivity index (χ4n) is 0.444. The second-order valence-electron chi connectivity index (χ2n) is 2.89. The third-order valence-corrected chi connectivity index (χ3v) is 1.32. The average Bonchev–Trinajstić information content (AvgIpc) is 1.87. The van der Waals surface area contributed by atoms with Crippen molar-refractivity contribution in [2.75, 3.05) is 0 Å². The van der Waals surface area contributed by atoms with Gasteiger partial charge in [0, 0.05) is 12.4 Å². The normalized spacial score (nSPS) is 13.6. The minimum absolute atomic E-state index is 0.607. The van der Waals surface area contributed by atoms with Crippen molar-refractivity contribution in [2.24, 2.45) is 10.9 Å². The van der Waals surface area contributed by atoms with Crippen molar-refractivity contribution in [1.82, 2.24) is 0 Å². The van der Waals surface area contributed by atoms with Crippen molar-refractivity contribution < 1.29 is 0 Å². The van der Waals surface area contributed by atoms with Gasteiger partial charge in [-0.1, -0.05) is 19.4 Å². The smallest absolute Gasteiger partial charge is 0.0250 e. The lowest BCUT2D eigenvalue weighted by molar-refractivity contribution is 0.754. The van der Waals surface area contributed by atoms with Gasteiger partial charge in [-0.05, 0) is 26.2 Å². The first-order valence-corrected chi connectivity index (χ1v) is 3.83. The van der Waals surface area contributed by atoms with Crippen molar-refractivity contribution in [2.45, 2.75) is 34.1 Å². The second kappa shape index (κ2) is 5.21. The minimum atomic E-state index is 0.607. The monoisotopic (exact) mass is 139 g/mol. The Morgan fingerprint density at radius 3 is 2.50 bits per heavy atom. The highest BCUT2D eigenvalue weighted by Gasteiger charge is 1.88. The molecule has 0 aliphatic carbocycles. The highest BCUT2D eigenvalue weighted by molar-refractivity contribution is 5.60. The minimum Gasteiger partial charge on any atom is -0.269 e. The molecule has 0 aromatic heterocycles. The molecular formula is C9H17N. The van der Waals surface area contributed by atoms with E-state index in [2.05, 4.69) is 18.8 Å². The summed E-state index contributed by atoms with van der Waals surface area (Å²) < 4.78 is 0. The summed E-state index contributed by atoms with van der Waals surface area (Å²) in [6.07, 6.45) is 5.05. The molecule has 0 aromatic carbocycles. The van der Waals surface area contributed by atoms with E-state index in [1.54, 1.807) is 0 Å². The van der Waals surface area contributed by atoms with Crippen LogP contribution in [0.2, 0.25) is 0 Å². The summed E-state index contributed by atoms with van der Waals surface area (Å²) in [5.74, 6) is 0.607. The Balaban J connectivity index is 3.66. The second-order valence-corrected chi connectivity index (χ2v) is 2.89. The summed E-state index contributed by atoms with van der Waals surface area (Å²) in [5.41, 5.74) is 1.25. The summed E-state index contributed by atoms with van der Waals surface area (Å²) in [5, 5.41) is 0. The van der Waals surface area contributed by atoms with Gasteiger partial charge in [0.2, 0.25) is 0 Å². The van der Waals surface area contributed by atoms with Gasteiger partial charge in [-0.15, -0.1) is 0 Å². The maximum absolute atomic E-state index is 4.15. The molecule has 0 amide bonds. The van der Waals surface area contributed by atoms with Crippen LogP contribution in [-0.4, -0.2) is 6.21 Å². The highest BCUT2D eigenvalue weighted by atomic mass is 14.7. The number of nitrogens with zero attached hydrogens (tertiary/aromatic N) is 1. The molecule has 0 aromatic rings. The average molecular weight is 139 g/mol. The maximum atomic E-state index is 4.15. The zero-order valence-corrected chi connectivity index (χ0v) is 7.39. The van der Waals surface area contributed by atoms with Crippen LogP contribution in [0.25, 0.3) is 0 Å². The molecule has 1 heteroatoms. The lowest BCUT2D eigenvalue weighted by atomic mass is 10.1. The summed E-state index contributed by atoms with van der Waals surface area (Å²) in [7, 11) is 0. The van der Waals surface area contributed by atoms with Gasteiger partial charge in [0.15, 0.2) is 0 Å². The molecule has 10 heavy (non-hydrogen) atoms. The lowest BCUT2D eigenvalue weighted by Gasteiger charge is -1.95. The van der Waals surface area contributed by atoms with Crippen molar-refractivity contribution in [1.29, 1.82) is 0 Å². The number of hydrogen-bond acceptors (Lipinski definition) is 1. The molecule has 0 rings (SSSR count). The van der Waals surface area contributed by atoms with Gasteiger partial charge in [-0.3, -0.25) is 4.99 Å². The van der Waals surface area contributed by atoms with Crippen molar-refractivity contribution in [3.63, 3.8) is 0 Å². The van der Waals surface area contributed by atoms with Crippen LogP contribution in [0.1, 0.15) is 34.1 Å². The van der Waals surface area contributed by atoms with Crippen LogP contribution in [0.5, 0.6) is 0 Å². The van der Waals surface area contributed by atoms with Crippen LogP contribution < -0.4 is 0 Å². The van der Waals surface area contributed by atoms with E-state index in [1.165, 1.54) is 12.0 Å². The van der Waals surface area contributed by atoms with E-state index in [4.69, 9.17) is 0 Å². The number of allylic oxidation sites excluding steroid dienone is 1. The molecule has 0 radical (unpaired) electrons. The molecule has 1 nitrogen and oxygen atoms in total. The molecule has 0 aliphatic heterocycles. The van der Waals surface area contributed by atoms with Crippen molar-refractivity contribution in [3.05, 3.63) is 11.8 Å². The molecular weight excluding hydrogens is 122 g/mol. The predicted molar refractivity (Wildman–Crippen MR) is 47.4 cm³/mol. The van der Waals surface area contributed by atoms with Gasteiger partial charge in [-0.2, -0.15) is 0 Å². The topological polar surface area (TPSA) is 12.4 Å². The van der Waals surface area contributed by atoms with Crippen LogP contribution >= 0.6 is 0 Å². The Bertz CT molecular complexity index is 130. The standard InChI is InChI=1S/C9H17N/c1-5-9(4)7-10-6-8(2)3/h6-7,9H,5H2,1-4H3. The molecule has 0 bridgehead atoms. The van der Waals surface area contributed by atoms with Crippen LogP contribution in [-0.2, 0) is 0 Å². The molecule has 0 heterocycles. The summed E-state index contributed by atoms with van der Waals surface area (Å²) in [4.78, 5) is 4.15. The van der Waals surface area contributed by atoms with Gasteiger partial charge in [0.05, 0.1) is 0 Å². The summed E-state index contributed by atoms with van der Waals surface area (Å²) >= 11 is 0. The zero-order chi connectivity index (χ0) is 7.98. The Labute approximate surface area is 63.9 Å². The fraction of sp³-hybridized carbons (Fsp3) is 0.667. The summed E-state index contributed by atoms with van der Waals surface area (Å²) in [6, 6.07) is 0. The third kappa shape index (κ3) is 5.54. The fourth-order valence-corrected chi connectivity index (χ4v) is 0.444. The van der Waals surface area contributed by atoms with E-state index in [-0.39, 0.29) is 0 Å². The third-order valence-electron chi connectivity index (χ3n) is 1.32. The van der Waals surface area contributed by atoms with E-state index in [0.29, 0.717) is 5.92 Å². The molecule has 0 saturated carbocycles. The quantitative estimate of drug-likeness (QED) is 0.533. The van der Waals surface area contributed by atoms with Gasteiger partial charge in [-0.25, -0.2) is 0 Å². The summed E-state index contributed by atoms with van der Waals surface area (Å²) in [6.45, 7) is 8.43. The van der Waals surface area contributed by atoms with Crippen LogP contribution in [0.3, 0.4) is 0 Å². The van der Waals surface area contributed by atoms with E-state index in [0.717, 1.165) is 0 Å². The lowest BCUT2D eigenvalue weighted by Crippen LogP contribution is -1.90. The van der Waals surface area contributed by atoms with E-state index < -0.39 is 0 Å². The SMILES string of the molecule is CCC(C)C=NC=C(C)C. The van der Waals surface area contributed by atoms with Gasteiger partial charge >= 0.3 is 0 Å². The first-order chi connectivity index (χ1) is 4.66. The van der Waals surface area contributed by atoms with Crippen LogP contribution in [0, 0.1) is 5.92 Å². The molecule has 0 saturated heterocycles. The highest BCUT2D eigenvalue weighted by Crippen LogP contribution is 1.96. The van der Waals surface area contributed by atoms with Gasteiger partial charge in [0.25, 0.3) is 0 Å². The first-order valence-electron chi connectivity index (χ1n) is 3.83. The zero-order valence-electron chi connectivity index (χ0n) is 7.39. The molecule has 0 spiro atoms. The number of aliphatic imine (C=N–C) groups is 1. The van der Waals surface area contributed by atoms with E-state index in [1.807, 2.05) is 26.3 Å². The molecule has 58 valence electrons. The Morgan fingerprint density at radius 1 is 1.50 bits per heavy atom. The largest absolute Gasteiger partial charge is 0.269 e. The maximum Gasteiger partial charge on any atom is 0.0250 e. The Kier molecular flexibility index (Phi) is 4.91. The molecule has 0 aliphatic rings. The van der Waals surface area contributed by atoms with Crippen molar-refractivity contribution >= 4 is 6.21 Å². The first kappa shape index (κ1) is 9.41. The van der Waals surface area contributed by atoms with Crippen LogP contribution in [0.15, 0.2) is 16.8 Å². The van der Waals surface area contributed by atoms with Crippen LogP contribution in [0.4, 0.5) is 0 Å². The van der Waals surface area contributed by atoms with Gasteiger partial charge < -0.3 is 0 Å². The molecule has 0 fully saturated rings. The number of hydrogen-bond donors (Lipinski definition) is 0. The van der Waals surface area contributed by atoms with E-state index >= 15 is 0 Å². The molecule has 0 N–H and O–H groups in total. The van der Waals surface area contributed by atoms with Crippen molar-refractivity contribution in [3.8, 4) is 0 Å². The Morgan fingerprint density at radius 2 is 2.10 bits per heavy atom. The molecule has 1 unspecified atom stereocenters.